The number of carbonyl (C=O) groups is 1. The fourth-order valence-corrected chi connectivity index (χ4v) is 4.33. The highest BCUT2D eigenvalue weighted by atomic mass is 32.1. The average molecular weight is 530 g/mol. The van der Waals surface area contributed by atoms with E-state index in [1.807, 2.05) is 30.3 Å². The van der Waals surface area contributed by atoms with Gasteiger partial charge in [0.2, 0.25) is 0 Å². The van der Waals surface area contributed by atoms with Crippen molar-refractivity contribution in [2.24, 2.45) is 5.73 Å². The van der Waals surface area contributed by atoms with Crippen LogP contribution in [0.25, 0.3) is 10.6 Å². The number of carboxylic acids is 1. The number of nitrogens with two attached hydrogens (primary N) is 1. The molecule has 3 N–H and O–H groups in total. The van der Waals surface area contributed by atoms with Crippen molar-refractivity contribution in [2.75, 3.05) is 0 Å². The molecule has 0 aliphatic rings. The van der Waals surface area contributed by atoms with E-state index >= 15 is 0 Å². The zero-order valence-corrected chi connectivity index (χ0v) is 20.3. The molecular formula is C26H22F3N3O4S. The molecule has 0 amide bonds. The van der Waals surface area contributed by atoms with Crippen LogP contribution in [0.2, 0.25) is 0 Å². The van der Waals surface area contributed by atoms with Gasteiger partial charge in [-0.05, 0) is 42.8 Å². The molecule has 0 saturated carbocycles. The van der Waals surface area contributed by atoms with Crippen LogP contribution in [0.3, 0.4) is 0 Å². The number of aliphatic carboxylic acids is 1. The van der Waals surface area contributed by atoms with E-state index in [9.17, 15) is 18.0 Å². The van der Waals surface area contributed by atoms with Crippen molar-refractivity contribution in [3.8, 4) is 27.8 Å². The number of aromatic nitrogens is 2. The highest BCUT2D eigenvalue weighted by Gasteiger charge is 2.36. The van der Waals surface area contributed by atoms with Gasteiger partial charge in [0.15, 0.2) is 0 Å². The Hall–Kier alpha value is -3.96. The lowest BCUT2D eigenvalue weighted by molar-refractivity contribution is -0.139. The molecule has 1 heterocycles. The van der Waals surface area contributed by atoms with E-state index < -0.39 is 35.4 Å². The second-order valence-electron chi connectivity index (χ2n) is 8.46. The summed E-state index contributed by atoms with van der Waals surface area (Å²) in [6.07, 6.45) is -5.12. The zero-order valence-electron chi connectivity index (χ0n) is 19.5. The van der Waals surface area contributed by atoms with Crippen molar-refractivity contribution >= 4 is 17.3 Å². The largest absolute Gasteiger partial charge is 0.489 e. The van der Waals surface area contributed by atoms with Gasteiger partial charge in [-0.15, -0.1) is 10.2 Å². The minimum Gasteiger partial charge on any atom is -0.489 e. The van der Waals surface area contributed by atoms with Crippen LogP contribution in [-0.2, 0) is 23.1 Å². The van der Waals surface area contributed by atoms with E-state index in [0.717, 1.165) is 23.0 Å². The molecule has 0 bridgehead atoms. The number of nitrogens with zero attached hydrogens (tertiary/aromatic N) is 2. The van der Waals surface area contributed by atoms with E-state index in [1.165, 1.54) is 31.2 Å². The molecule has 1 atom stereocenters. The minimum atomic E-state index is -4.72. The number of carboxylic acid groups (broad SMARTS) is 1. The highest BCUT2D eigenvalue weighted by Crippen LogP contribution is 2.41. The second kappa shape index (κ2) is 10.6. The third kappa shape index (κ3) is 6.63. The Labute approximate surface area is 214 Å². The zero-order chi connectivity index (χ0) is 26.6. The molecule has 0 unspecified atom stereocenters. The minimum absolute atomic E-state index is 0.148. The number of alkyl halides is 3. The van der Waals surface area contributed by atoms with Gasteiger partial charge >= 0.3 is 12.1 Å². The fraction of sp³-hybridized carbons (Fsp3) is 0.192. The Kier molecular flexibility index (Phi) is 7.46. The summed E-state index contributed by atoms with van der Waals surface area (Å²) in [7, 11) is 0. The SMILES string of the molecule is C[C@](N)(CC(=O)O)c1nnc(-c2ccc(Oc3cccc(OCc4ccccc4)c3)c(C(F)(F)F)c2)s1. The van der Waals surface area contributed by atoms with Gasteiger partial charge < -0.3 is 20.3 Å². The van der Waals surface area contributed by atoms with Gasteiger partial charge in [0.25, 0.3) is 0 Å². The van der Waals surface area contributed by atoms with E-state index in [0.29, 0.717) is 12.4 Å². The highest BCUT2D eigenvalue weighted by molar-refractivity contribution is 7.14. The van der Waals surface area contributed by atoms with Gasteiger partial charge in [0.1, 0.15) is 33.9 Å². The number of hydrogen-bond acceptors (Lipinski definition) is 7. The summed E-state index contributed by atoms with van der Waals surface area (Å²) in [5.74, 6) is -0.901. The third-order valence-electron chi connectivity index (χ3n) is 5.25. The van der Waals surface area contributed by atoms with Gasteiger partial charge in [0.05, 0.1) is 17.5 Å². The lowest BCUT2D eigenvalue weighted by atomic mass is 10.0. The van der Waals surface area contributed by atoms with Crippen molar-refractivity contribution < 1.29 is 32.5 Å². The van der Waals surface area contributed by atoms with Crippen LogP contribution in [-0.4, -0.2) is 21.3 Å². The van der Waals surface area contributed by atoms with Crippen LogP contribution in [0.1, 0.15) is 29.5 Å². The summed E-state index contributed by atoms with van der Waals surface area (Å²) < 4.78 is 53.2. The molecule has 0 radical (unpaired) electrons. The maximum absolute atomic E-state index is 13.9. The predicted octanol–water partition coefficient (Wildman–Crippen LogP) is 6.24. The maximum atomic E-state index is 13.9. The first-order valence-corrected chi connectivity index (χ1v) is 11.8. The predicted molar refractivity (Wildman–Crippen MR) is 131 cm³/mol. The van der Waals surface area contributed by atoms with Gasteiger partial charge in [-0.1, -0.05) is 47.7 Å². The van der Waals surface area contributed by atoms with Crippen LogP contribution in [0.5, 0.6) is 17.2 Å². The number of halogens is 3. The lowest BCUT2D eigenvalue weighted by Gasteiger charge is -2.18. The molecule has 0 aliphatic heterocycles. The van der Waals surface area contributed by atoms with Crippen LogP contribution < -0.4 is 15.2 Å². The molecule has 37 heavy (non-hydrogen) atoms. The number of rotatable bonds is 9. The molecule has 0 spiro atoms. The smallest absolute Gasteiger partial charge is 0.420 e. The van der Waals surface area contributed by atoms with Crippen molar-refractivity contribution in [1.29, 1.82) is 0 Å². The van der Waals surface area contributed by atoms with Gasteiger partial charge in [-0.2, -0.15) is 13.2 Å². The standard InChI is InChI=1S/C26H22F3N3O4S/c1-25(30,14-22(33)34)24-32-31-23(37-24)17-10-11-21(20(12-17)26(27,28)29)36-19-9-5-8-18(13-19)35-15-16-6-3-2-4-7-16/h2-13H,14-15,30H2,1H3,(H,33,34)/t25-/m0/s1. The number of hydrogen-bond donors (Lipinski definition) is 2. The second-order valence-corrected chi connectivity index (χ2v) is 9.44. The molecule has 0 saturated heterocycles. The average Bonchev–Trinajstić information content (AvgIpc) is 3.34. The van der Waals surface area contributed by atoms with E-state index in [-0.39, 0.29) is 21.3 Å². The van der Waals surface area contributed by atoms with Crippen LogP contribution in [0, 0.1) is 0 Å². The quantitative estimate of drug-likeness (QED) is 0.264. The molecule has 0 fully saturated rings. The Bertz CT molecular complexity index is 1390. The summed E-state index contributed by atoms with van der Waals surface area (Å²) in [6.45, 7) is 1.77. The van der Waals surface area contributed by atoms with Crippen LogP contribution in [0.15, 0.2) is 72.8 Å². The number of ether oxygens (including phenoxy) is 2. The maximum Gasteiger partial charge on any atom is 0.420 e. The first kappa shape index (κ1) is 26.1. The Balaban J connectivity index is 1.57. The van der Waals surface area contributed by atoms with Crippen molar-refractivity contribution in [1.82, 2.24) is 10.2 Å². The van der Waals surface area contributed by atoms with E-state index in [4.69, 9.17) is 20.3 Å². The molecule has 11 heteroatoms. The first-order chi connectivity index (χ1) is 17.5. The van der Waals surface area contributed by atoms with Crippen molar-refractivity contribution in [3.05, 3.63) is 88.9 Å². The number of benzene rings is 3. The van der Waals surface area contributed by atoms with Crippen molar-refractivity contribution in [2.45, 2.75) is 31.7 Å². The summed E-state index contributed by atoms with van der Waals surface area (Å²) in [4.78, 5) is 11.1. The summed E-state index contributed by atoms with van der Waals surface area (Å²) in [6, 6.07) is 19.4. The van der Waals surface area contributed by atoms with E-state index in [2.05, 4.69) is 10.2 Å². The van der Waals surface area contributed by atoms with Crippen molar-refractivity contribution in [3.63, 3.8) is 0 Å². The third-order valence-corrected chi connectivity index (χ3v) is 6.50. The van der Waals surface area contributed by atoms with Gasteiger partial charge in [0, 0.05) is 11.6 Å². The van der Waals surface area contributed by atoms with Gasteiger partial charge in [-0.25, -0.2) is 0 Å². The molecule has 3 aromatic carbocycles. The molecule has 4 aromatic rings. The molecule has 192 valence electrons. The van der Waals surface area contributed by atoms with Gasteiger partial charge in [-0.3, -0.25) is 4.79 Å². The fourth-order valence-electron chi connectivity index (χ4n) is 3.43. The molecule has 7 nitrogen and oxygen atoms in total. The van der Waals surface area contributed by atoms with Crippen LogP contribution in [0.4, 0.5) is 13.2 Å². The lowest BCUT2D eigenvalue weighted by Crippen LogP contribution is -2.35. The molecule has 4 rings (SSSR count). The Morgan fingerprint density at radius 1 is 1.00 bits per heavy atom. The molecule has 1 aromatic heterocycles. The molecule has 0 aliphatic carbocycles. The monoisotopic (exact) mass is 529 g/mol. The van der Waals surface area contributed by atoms with E-state index in [1.54, 1.807) is 12.1 Å². The topological polar surface area (TPSA) is 108 Å². The Morgan fingerprint density at radius 2 is 1.73 bits per heavy atom. The summed E-state index contributed by atoms with van der Waals surface area (Å²) in [5.41, 5.74) is 4.80. The summed E-state index contributed by atoms with van der Waals surface area (Å²) in [5, 5.41) is 17.2. The first-order valence-electron chi connectivity index (χ1n) is 11.0. The molecular weight excluding hydrogens is 507 g/mol. The van der Waals surface area contributed by atoms with Crippen LogP contribution >= 0.6 is 11.3 Å². The summed E-state index contributed by atoms with van der Waals surface area (Å²) >= 11 is 0.934. The Morgan fingerprint density at radius 3 is 2.43 bits per heavy atom. The normalized spacial score (nSPS) is 13.1.